The quantitative estimate of drug-likeness (QED) is 0.791. The molecule has 0 heterocycles. The van der Waals surface area contributed by atoms with E-state index in [9.17, 15) is 5.11 Å². The summed E-state index contributed by atoms with van der Waals surface area (Å²) in [5.41, 5.74) is 0.927. The van der Waals surface area contributed by atoms with Crippen molar-refractivity contribution in [1.82, 2.24) is 0 Å². The van der Waals surface area contributed by atoms with Crippen LogP contribution in [0.3, 0.4) is 0 Å². The lowest BCUT2D eigenvalue weighted by molar-refractivity contribution is 0.279. The fourth-order valence-corrected chi connectivity index (χ4v) is 2.69. The lowest BCUT2D eigenvalue weighted by Gasteiger charge is -2.08. The first-order valence-electron chi connectivity index (χ1n) is 5.15. The first-order valence-corrected chi connectivity index (χ1v) is 6.52. The zero-order valence-corrected chi connectivity index (χ0v) is 10.7. The Bertz CT molecular complexity index is 312. The third kappa shape index (κ3) is 4.45. The third-order valence-corrected chi connectivity index (χ3v) is 3.53. The van der Waals surface area contributed by atoms with Gasteiger partial charge in [-0.1, -0.05) is 25.4 Å². The van der Waals surface area contributed by atoms with Crippen molar-refractivity contribution in [2.75, 3.05) is 5.75 Å². The predicted octanol–water partition coefficient (Wildman–Crippen LogP) is 3.97. The molecule has 1 aromatic carbocycles. The Balaban J connectivity index is 2.60. The molecule has 1 rings (SSSR count). The molecule has 1 N–H and O–H groups in total. The molecule has 0 radical (unpaired) electrons. The van der Waals surface area contributed by atoms with Crippen molar-refractivity contribution < 1.29 is 5.11 Å². The summed E-state index contributed by atoms with van der Waals surface area (Å²) in [6.45, 7) is 4.50. The van der Waals surface area contributed by atoms with Crippen LogP contribution >= 0.6 is 23.4 Å². The van der Waals surface area contributed by atoms with Gasteiger partial charge in [0.05, 0.1) is 6.61 Å². The van der Waals surface area contributed by atoms with Crippen molar-refractivity contribution in [3.63, 3.8) is 0 Å². The van der Waals surface area contributed by atoms with Gasteiger partial charge < -0.3 is 5.11 Å². The number of hydrogen-bond donors (Lipinski definition) is 1. The third-order valence-electron chi connectivity index (χ3n) is 2.15. The van der Waals surface area contributed by atoms with E-state index in [2.05, 4.69) is 13.8 Å². The van der Waals surface area contributed by atoms with E-state index in [0.29, 0.717) is 5.02 Å². The van der Waals surface area contributed by atoms with Gasteiger partial charge in [0.1, 0.15) is 0 Å². The highest BCUT2D eigenvalue weighted by atomic mass is 35.5. The van der Waals surface area contributed by atoms with Crippen LogP contribution in [0.5, 0.6) is 0 Å². The molecule has 0 saturated carbocycles. The van der Waals surface area contributed by atoms with E-state index >= 15 is 0 Å². The molecule has 1 aromatic rings. The molecule has 0 unspecified atom stereocenters. The number of hydrogen-bond acceptors (Lipinski definition) is 2. The number of rotatable bonds is 5. The molecule has 0 bridgehead atoms. The van der Waals surface area contributed by atoms with Crippen molar-refractivity contribution in [3.8, 4) is 0 Å². The van der Waals surface area contributed by atoms with Crippen LogP contribution in [-0.2, 0) is 6.61 Å². The molecule has 3 heteroatoms. The van der Waals surface area contributed by atoms with Crippen LogP contribution in [0.2, 0.25) is 5.02 Å². The zero-order chi connectivity index (χ0) is 11.3. The second-order valence-corrected chi connectivity index (χ2v) is 5.51. The van der Waals surface area contributed by atoms with Gasteiger partial charge in [-0.05, 0) is 41.9 Å². The molecule has 0 atom stereocenters. The van der Waals surface area contributed by atoms with Crippen molar-refractivity contribution in [3.05, 3.63) is 28.8 Å². The largest absolute Gasteiger partial charge is 0.392 e. The van der Waals surface area contributed by atoms with Gasteiger partial charge >= 0.3 is 0 Å². The van der Waals surface area contributed by atoms with E-state index in [4.69, 9.17) is 11.6 Å². The summed E-state index contributed by atoms with van der Waals surface area (Å²) in [5, 5.41) is 9.87. The molecular formula is C12H17ClOS. The number of aliphatic hydroxyl groups excluding tert-OH is 1. The second kappa shape index (κ2) is 6.41. The van der Waals surface area contributed by atoms with Gasteiger partial charge in [-0.3, -0.25) is 0 Å². The maximum absolute atomic E-state index is 9.18. The minimum Gasteiger partial charge on any atom is -0.392 e. The summed E-state index contributed by atoms with van der Waals surface area (Å²) >= 11 is 7.65. The SMILES string of the molecule is CC(C)CCSc1ccc(Cl)cc1CO. The summed E-state index contributed by atoms with van der Waals surface area (Å²) in [6.07, 6.45) is 1.19. The monoisotopic (exact) mass is 244 g/mol. The number of benzene rings is 1. The Labute approximate surface area is 101 Å². The minimum absolute atomic E-state index is 0.0601. The van der Waals surface area contributed by atoms with Gasteiger partial charge in [-0.2, -0.15) is 0 Å². The summed E-state index contributed by atoms with van der Waals surface area (Å²) in [6, 6.07) is 5.69. The number of halogens is 1. The Kier molecular flexibility index (Phi) is 5.51. The van der Waals surface area contributed by atoms with Crippen LogP contribution in [0.25, 0.3) is 0 Å². The predicted molar refractivity (Wildman–Crippen MR) is 67.6 cm³/mol. The van der Waals surface area contributed by atoms with E-state index in [1.807, 2.05) is 18.2 Å². The normalized spacial score (nSPS) is 11.0. The smallest absolute Gasteiger partial charge is 0.0693 e. The van der Waals surface area contributed by atoms with Crippen LogP contribution in [0, 0.1) is 5.92 Å². The molecule has 0 amide bonds. The van der Waals surface area contributed by atoms with Crippen LogP contribution < -0.4 is 0 Å². The Morgan fingerprint density at radius 2 is 2.13 bits per heavy atom. The maximum Gasteiger partial charge on any atom is 0.0693 e. The van der Waals surface area contributed by atoms with Crippen LogP contribution in [0.4, 0.5) is 0 Å². The highest BCUT2D eigenvalue weighted by molar-refractivity contribution is 7.99. The average Bonchev–Trinajstić information content (AvgIpc) is 2.19. The lowest BCUT2D eigenvalue weighted by atomic mass is 10.2. The van der Waals surface area contributed by atoms with E-state index in [0.717, 1.165) is 22.1 Å². The highest BCUT2D eigenvalue weighted by Crippen LogP contribution is 2.27. The molecule has 0 aliphatic carbocycles. The summed E-state index contributed by atoms with van der Waals surface area (Å²) in [7, 11) is 0. The molecular weight excluding hydrogens is 228 g/mol. The molecule has 15 heavy (non-hydrogen) atoms. The van der Waals surface area contributed by atoms with Gasteiger partial charge in [0, 0.05) is 9.92 Å². The van der Waals surface area contributed by atoms with Crippen LogP contribution in [-0.4, -0.2) is 10.9 Å². The minimum atomic E-state index is 0.0601. The molecule has 0 fully saturated rings. The first kappa shape index (κ1) is 12.9. The molecule has 0 aliphatic rings. The molecule has 0 saturated heterocycles. The second-order valence-electron chi connectivity index (χ2n) is 3.94. The van der Waals surface area contributed by atoms with Gasteiger partial charge in [-0.15, -0.1) is 11.8 Å². The van der Waals surface area contributed by atoms with Crippen molar-refractivity contribution in [2.24, 2.45) is 5.92 Å². The Morgan fingerprint density at radius 3 is 2.73 bits per heavy atom. The summed E-state index contributed by atoms with van der Waals surface area (Å²) in [4.78, 5) is 1.14. The standard InChI is InChI=1S/C12H17ClOS/c1-9(2)5-6-15-12-4-3-11(13)7-10(12)8-14/h3-4,7,9,14H,5-6,8H2,1-2H3. The van der Waals surface area contributed by atoms with Crippen molar-refractivity contribution in [2.45, 2.75) is 31.8 Å². The van der Waals surface area contributed by atoms with E-state index in [-0.39, 0.29) is 6.61 Å². The topological polar surface area (TPSA) is 20.2 Å². The van der Waals surface area contributed by atoms with Crippen LogP contribution in [0.1, 0.15) is 25.8 Å². The van der Waals surface area contributed by atoms with Crippen LogP contribution in [0.15, 0.2) is 23.1 Å². The van der Waals surface area contributed by atoms with Gasteiger partial charge in [0.15, 0.2) is 0 Å². The highest BCUT2D eigenvalue weighted by Gasteiger charge is 2.03. The molecule has 0 aliphatic heterocycles. The fourth-order valence-electron chi connectivity index (χ4n) is 1.22. The average molecular weight is 245 g/mol. The molecule has 0 aromatic heterocycles. The Morgan fingerprint density at radius 1 is 1.40 bits per heavy atom. The van der Waals surface area contributed by atoms with Crippen molar-refractivity contribution in [1.29, 1.82) is 0 Å². The zero-order valence-electron chi connectivity index (χ0n) is 9.16. The summed E-state index contributed by atoms with van der Waals surface area (Å²) in [5.74, 6) is 1.81. The maximum atomic E-state index is 9.18. The Hall–Kier alpha value is -0.180. The molecule has 0 spiro atoms. The molecule has 1 nitrogen and oxygen atoms in total. The van der Waals surface area contributed by atoms with E-state index in [1.165, 1.54) is 6.42 Å². The number of thioether (sulfide) groups is 1. The fraction of sp³-hybridized carbons (Fsp3) is 0.500. The number of aliphatic hydroxyl groups is 1. The van der Waals surface area contributed by atoms with Gasteiger partial charge in [0.2, 0.25) is 0 Å². The van der Waals surface area contributed by atoms with E-state index < -0.39 is 0 Å². The van der Waals surface area contributed by atoms with Crippen molar-refractivity contribution >= 4 is 23.4 Å². The lowest BCUT2D eigenvalue weighted by Crippen LogP contribution is -1.92. The van der Waals surface area contributed by atoms with Gasteiger partial charge in [-0.25, -0.2) is 0 Å². The first-order chi connectivity index (χ1) is 7.13. The molecule has 84 valence electrons. The van der Waals surface area contributed by atoms with Gasteiger partial charge in [0.25, 0.3) is 0 Å². The van der Waals surface area contributed by atoms with E-state index in [1.54, 1.807) is 11.8 Å². The summed E-state index contributed by atoms with van der Waals surface area (Å²) < 4.78 is 0.